The first-order chi connectivity index (χ1) is 9.29. The van der Waals surface area contributed by atoms with Gasteiger partial charge in [0.1, 0.15) is 12.4 Å². The van der Waals surface area contributed by atoms with Crippen LogP contribution in [0.3, 0.4) is 0 Å². The SMILES string of the molecule is COc1ccc2c(c1)COC(=O)N2C1CCNCC1. The number of hydrogen-bond acceptors (Lipinski definition) is 4. The van der Waals surface area contributed by atoms with Gasteiger partial charge in [-0.05, 0) is 44.1 Å². The van der Waals surface area contributed by atoms with Crippen LogP contribution in [0.5, 0.6) is 5.75 Å². The molecule has 1 aromatic carbocycles. The second-order valence-corrected chi connectivity index (χ2v) is 4.90. The van der Waals surface area contributed by atoms with Crippen LogP contribution in [0.15, 0.2) is 18.2 Å². The average molecular weight is 262 g/mol. The Kier molecular flexibility index (Phi) is 3.29. The maximum Gasteiger partial charge on any atom is 0.414 e. The van der Waals surface area contributed by atoms with Gasteiger partial charge in [0.2, 0.25) is 0 Å². The highest BCUT2D eigenvalue weighted by Crippen LogP contribution is 2.33. The van der Waals surface area contributed by atoms with Crippen LogP contribution in [0.4, 0.5) is 10.5 Å². The zero-order valence-corrected chi connectivity index (χ0v) is 11.0. The third-order valence-corrected chi connectivity index (χ3v) is 3.77. The predicted molar refractivity (Wildman–Crippen MR) is 71.5 cm³/mol. The van der Waals surface area contributed by atoms with E-state index in [9.17, 15) is 4.79 Å². The Balaban J connectivity index is 1.94. The Morgan fingerprint density at radius 3 is 2.89 bits per heavy atom. The zero-order valence-electron chi connectivity index (χ0n) is 11.0. The van der Waals surface area contributed by atoms with E-state index < -0.39 is 0 Å². The number of ether oxygens (including phenoxy) is 2. The number of anilines is 1. The van der Waals surface area contributed by atoms with Gasteiger partial charge in [0, 0.05) is 11.6 Å². The van der Waals surface area contributed by atoms with Crippen molar-refractivity contribution in [2.24, 2.45) is 0 Å². The Morgan fingerprint density at radius 1 is 1.37 bits per heavy atom. The second-order valence-electron chi connectivity index (χ2n) is 4.90. The molecular formula is C14H18N2O3. The van der Waals surface area contributed by atoms with E-state index in [4.69, 9.17) is 9.47 Å². The Bertz CT molecular complexity index is 484. The molecule has 102 valence electrons. The topological polar surface area (TPSA) is 50.8 Å². The van der Waals surface area contributed by atoms with Crippen LogP contribution in [-0.2, 0) is 11.3 Å². The fourth-order valence-electron chi connectivity index (χ4n) is 2.76. The van der Waals surface area contributed by atoms with E-state index in [1.54, 1.807) is 12.0 Å². The summed E-state index contributed by atoms with van der Waals surface area (Å²) in [7, 11) is 1.64. The van der Waals surface area contributed by atoms with Gasteiger partial charge in [-0.1, -0.05) is 0 Å². The quantitative estimate of drug-likeness (QED) is 0.884. The molecule has 0 bridgehead atoms. The van der Waals surface area contributed by atoms with E-state index in [1.165, 1.54) is 0 Å². The van der Waals surface area contributed by atoms with Crippen LogP contribution in [0.2, 0.25) is 0 Å². The number of fused-ring (bicyclic) bond motifs is 1. The van der Waals surface area contributed by atoms with Crippen molar-refractivity contribution in [3.8, 4) is 5.75 Å². The number of hydrogen-bond donors (Lipinski definition) is 1. The monoisotopic (exact) mass is 262 g/mol. The van der Waals surface area contributed by atoms with Gasteiger partial charge in [0.15, 0.2) is 0 Å². The van der Waals surface area contributed by atoms with Crippen LogP contribution in [0.25, 0.3) is 0 Å². The number of nitrogens with zero attached hydrogens (tertiary/aromatic N) is 1. The Morgan fingerprint density at radius 2 is 2.16 bits per heavy atom. The lowest BCUT2D eigenvalue weighted by Gasteiger charge is -2.37. The minimum atomic E-state index is -0.232. The van der Waals surface area contributed by atoms with Crippen molar-refractivity contribution >= 4 is 11.8 Å². The molecule has 2 heterocycles. The molecule has 2 aliphatic rings. The lowest BCUT2D eigenvalue weighted by molar-refractivity contribution is 0.137. The van der Waals surface area contributed by atoms with E-state index in [-0.39, 0.29) is 12.1 Å². The van der Waals surface area contributed by atoms with E-state index in [0.29, 0.717) is 6.61 Å². The molecule has 5 nitrogen and oxygen atoms in total. The van der Waals surface area contributed by atoms with Crippen LogP contribution < -0.4 is 15.0 Å². The number of rotatable bonds is 2. The van der Waals surface area contributed by atoms with Gasteiger partial charge in [0.05, 0.1) is 12.8 Å². The molecule has 1 saturated heterocycles. The summed E-state index contributed by atoms with van der Waals surface area (Å²) in [4.78, 5) is 13.9. The van der Waals surface area contributed by atoms with Gasteiger partial charge in [-0.3, -0.25) is 4.90 Å². The number of carbonyl (C=O) groups is 1. The fourth-order valence-corrected chi connectivity index (χ4v) is 2.76. The van der Waals surface area contributed by atoms with E-state index in [0.717, 1.165) is 42.9 Å². The van der Waals surface area contributed by atoms with Gasteiger partial charge >= 0.3 is 6.09 Å². The number of benzene rings is 1. The summed E-state index contributed by atoms with van der Waals surface area (Å²) < 4.78 is 10.5. The summed E-state index contributed by atoms with van der Waals surface area (Å²) in [5, 5.41) is 3.31. The van der Waals surface area contributed by atoms with Crippen molar-refractivity contribution in [1.82, 2.24) is 5.32 Å². The minimum absolute atomic E-state index is 0.223. The molecule has 0 spiro atoms. The van der Waals surface area contributed by atoms with Crippen molar-refractivity contribution in [2.45, 2.75) is 25.5 Å². The fraction of sp³-hybridized carbons (Fsp3) is 0.500. The Hall–Kier alpha value is -1.75. The number of amides is 1. The first-order valence-electron chi connectivity index (χ1n) is 6.63. The molecule has 0 saturated carbocycles. The molecule has 0 aliphatic carbocycles. The second kappa shape index (κ2) is 5.09. The van der Waals surface area contributed by atoms with Crippen molar-refractivity contribution in [3.63, 3.8) is 0 Å². The van der Waals surface area contributed by atoms with E-state index in [2.05, 4.69) is 5.32 Å². The molecule has 0 unspecified atom stereocenters. The third-order valence-electron chi connectivity index (χ3n) is 3.77. The maximum absolute atomic E-state index is 12.1. The first-order valence-corrected chi connectivity index (χ1v) is 6.63. The molecule has 1 N–H and O–H groups in total. The van der Waals surface area contributed by atoms with Crippen LogP contribution >= 0.6 is 0 Å². The smallest absolute Gasteiger partial charge is 0.414 e. The van der Waals surface area contributed by atoms with Crippen LogP contribution in [0, 0.1) is 0 Å². The van der Waals surface area contributed by atoms with Gasteiger partial charge in [-0.2, -0.15) is 0 Å². The lowest BCUT2D eigenvalue weighted by Crippen LogP contribution is -2.48. The molecule has 0 atom stereocenters. The summed E-state index contributed by atoms with van der Waals surface area (Å²) in [5.74, 6) is 0.793. The molecular weight excluding hydrogens is 244 g/mol. The van der Waals surface area contributed by atoms with Gasteiger partial charge < -0.3 is 14.8 Å². The molecule has 5 heteroatoms. The number of methoxy groups -OCH3 is 1. The molecule has 1 aromatic rings. The van der Waals surface area contributed by atoms with Crippen molar-refractivity contribution in [3.05, 3.63) is 23.8 Å². The van der Waals surface area contributed by atoms with Crippen LogP contribution in [0.1, 0.15) is 18.4 Å². The highest BCUT2D eigenvalue weighted by atomic mass is 16.6. The minimum Gasteiger partial charge on any atom is -0.497 e. The van der Waals surface area contributed by atoms with Gasteiger partial charge in [0.25, 0.3) is 0 Å². The summed E-state index contributed by atoms with van der Waals surface area (Å²) in [6.45, 7) is 2.21. The third kappa shape index (κ3) is 2.26. The standard InChI is InChI=1S/C14H18N2O3/c1-18-12-2-3-13-10(8-12)9-19-14(17)16(13)11-4-6-15-7-5-11/h2-3,8,11,15H,4-7,9H2,1H3. The predicted octanol–water partition coefficient (Wildman–Crippen LogP) is 1.90. The maximum atomic E-state index is 12.1. The summed E-state index contributed by atoms with van der Waals surface area (Å²) >= 11 is 0. The normalized spacial score (nSPS) is 19.8. The molecule has 3 rings (SSSR count). The number of carbonyl (C=O) groups excluding carboxylic acids is 1. The Labute approximate surface area is 112 Å². The number of nitrogens with one attached hydrogen (secondary N) is 1. The zero-order chi connectivity index (χ0) is 13.2. The van der Waals surface area contributed by atoms with Crippen molar-refractivity contribution in [2.75, 3.05) is 25.1 Å². The molecule has 1 fully saturated rings. The van der Waals surface area contributed by atoms with Gasteiger partial charge in [-0.15, -0.1) is 0 Å². The number of cyclic esters (lactones) is 1. The molecule has 0 aromatic heterocycles. The van der Waals surface area contributed by atoms with Gasteiger partial charge in [-0.25, -0.2) is 4.79 Å². The molecule has 2 aliphatic heterocycles. The van der Waals surface area contributed by atoms with Crippen LogP contribution in [-0.4, -0.2) is 32.3 Å². The van der Waals surface area contributed by atoms with E-state index in [1.807, 2.05) is 18.2 Å². The number of piperidine rings is 1. The highest BCUT2D eigenvalue weighted by Gasteiger charge is 2.32. The van der Waals surface area contributed by atoms with Crippen molar-refractivity contribution in [1.29, 1.82) is 0 Å². The largest absolute Gasteiger partial charge is 0.497 e. The summed E-state index contributed by atoms with van der Waals surface area (Å²) in [5.41, 5.74) is 1.97. The molecule has 1 amide bonds. The lowest BCUT2D eigenvalue weighted by atomic mass is 10.0. The summed E-state index contributed by atoms with van der Waals surface area (Å²) in [6, 6.07) is 6.01. The summed E-state index contributed by atoms with van der Waals surface area (Å²) in [6.07, 6.45) is 1.69. The molecule has 19 heavy (non-hydrogen) atoms. The van der Waals surface area contributed by atoms with E-state index >= 15 is 0 Å². The molecule has 0 radical (unpaired) electrons. The highest BCUT2D eigenvalue weighted by molar-refractivity contribution is 5.91. The first kappa shape index (κ1) is 12.3. The average Bonchev–Trinajstić information content (AvgIpc) is 2.47. The van der Waals surface area contributed by atoms with Crippen molar-refractivity contribution < 1.29 is 14.3 Å².